The molecule has 0 spiro atoms. The second-order valence-electron chi connectivity index (χ2n) is 6.46. The van der Waals surface area contributed by atoms with Gasteiger partial charge in [0.15, 0.2) is 23.1 Å². The quantitative estimate of drug-likeness (QED) is 0.465. The zero-order chi connectivity index (χ0) is 19.9. The zero-order valence-corrected chi connectivity index (χ0v) is 16.4. The Kier molecular flexibility index (Phi) is 5.11. The van der Waals surface area contributed by atoms with Crippen molar-refractivity contribution in [1.29, 1.82) is 0 Å². The van der Waals surface area contributed by atoms with Gasteiger partial charge in [-0.1, -0.05) is 25.1 Å². The molecule has 3 rings (SSSR count). The number of halogens is 1. The number of hydrogen-bond donors (Lipinski definition) is 1. The van der Waals surface area contributed by atoms with Crippen molar-refractivity contribution >= 4 is 34.7 Å². The molecule has 27 heavy (non-hydrogen) atoms. The lowest BCUT2D eigenvalue weighted by Gasteiger charge is -2.33. The molecule has 4 atom stereocenters. The number of nitrogens with zero attached hydrogens (tertiary/aromatic N) is 4. The van der Waals surface area contributed by atoms with Crippen molar-refractivity contribution in [2.24, 2.45) is 0 Å². The number of esters is 1. The average molecular weight is 396 g/mol. The van der Waals surface area contributed by atoms with Crippen LogP contribution in [0.25, 0.3) is 11.2 Å². The number of nitrogen functional groups attached to an aromatic ring is 1. The lowest BCUT2D eigenvalue weighted by molar-refractivity contribution is -0.156. The van der Waals surface area contributed by atoms with Gasteiger partial charge < -0.3 is 19.9 Å². The second kappa shape index (κ2) is 7.06. The summed E-state index contributed by atoms with van der Waals surface area (Å²) in [5.41, 5.74) is 6.39. The number of methoxy groups -OCH3 is 1. The van der Waals surface area contributed by atoms with Crippen LogP contribution in [-0.2, 0) is 19.0 Å². The second-order valence-corrected chi connectivity index (χ2v) is 6.82. The molecule has 0 radical (unpaired) electrons. The van der Waals surface area contributed by atoms with Crippen molar-refractivity contribution in [3.63, 3.8) is 0 Å². The molecule has 0 unspecified atom stereocenters. The molecule has 146 valence electrons. The van der Waals surface area contributed by atoms with Gasteiger partial charge in [-0.05, 0) is 18.9 Å². The van der Waals surface area contributed by atoms with Crippen LogP contribution in [0, 0.1) is 0 Å². The summed E-state index contributed by atoms with van der Waals surface area (Å²) in [5.74, 6) is -0.456. The van der Waals surface area contributed by atoms with Crippen molar-refractivity contribution in [3.8, 4) is 0 Å². The van der Waals surface area contributed by atoms with Gasteiger partial charge in [-0.3, -0.25) is 9.36 Å². The van der Waals surface area contributed by atoms with E-state index in [1.807, 2.05) is 13.8 Å². The number of carbonyl (C=O) groups excluding carboxylic acids is 1. The van der Waals surface area contributed by atoms with Crippen LogP contribution in [-0.4, -0.2) is 50.4 Å². The van der Waals surface area contributed by atoms with Gasteiger partial charge in [0.2, 0.25) is 5.95 Å². The first kappa shape index (κ1) is 19.5. The summed E-state index contributed by atoms with van der Waals surface area (Å²) in [6, 6.07) is 0. The van der Waals surface area contributed by atoms with E-state index < -0.39 is 30.0 Å². The maximum Gasteiger partial charge on any atom is 0.303 e. The number of ether oxygens (including phenoxy) is 3. The van der Waals surface area contributed by atoms with Crippen LogP contribution in [0.4, 0.5) is 5.95 Å². The van der Waals surface area contributed by atoms with Crippen LogP contribution in [0.5, 0.6) is 0 Å². The standard InChI is InChI=1S/C17H22ClN5O4/c1-6-17(8(2)3)12(25-5)11(26-9(4)24)15(27-17)23-7-20-10-13(18)21-16(19)22-14(10)23/h7,11-12,15H,2,6H2,1,3-5H3,(H2,19,21,22)/t11-,12+,15-,17+/m1/s1. The maximum atomic E-state index is 11.8. The molecule has 9 nitrogen and oxygen atoms in total. The van der Waals surface area contributed by atoms with Gasteiger partial charge in [0.25, 0.3) is 0 Å². The largest absolute Gasteiger partial charge is 0.455 e. The van der Waals surface area contributed by atoms with Crippen molar-refractivity contribution in [2.45, 2.75) is 51.2 Å². The number of fused-ring (bicyclic) bond motifs is 1. The predicted octanol–water partition coefficient (Wildman–Crippen LogP) is 2.26. The van der Waals surface area contributed by atoms with Crippen LogP contribution in [0.2, 0.25) is 5.15 Å². The Morgan fingerprint density at radius 3 is 2.74 bits per heavy atom. The first-order valence-electron chi connectivity index (χ1n) is 8.44. The monoisotopic (exact) mass is 395 g/mol. The molecular formula is C17H22ClN5O4. The summed E-state index contributed by atoms with van der Waals surface area (Å²) in [6.07, 6.45) is -0.00845. The van der Waals surface area contributed by atoms with Crippen LogP contribution < -0.4 is 5.73 Å². The Labute approximate surface area is 161 Å². The first-order chi connectivity index (χ1) is 12.7. The highest BCUT2D eigenvalue weighted by atomic mass is 35.5. The number of carbonyl (C=O) groups is 1. The Morgan fingerprint density at radius 1 is 1.48 bits per heavy atom. The van der Waals surface area contributed by atoms with E-state index in [0.717, 1.165) is 5.57 Å². The van der Waals surface area contributed by atoms with Gasteiger partial charge in [0.05, 0.1) is 6.33 Å². The molecule has 2 N–H and O–H groups in total. The Bertz CT molecular complexity index is 901. The third kappa shape index (κ3) is 3.05. The number of nitrogens with two attached hydrogens (primary N) is 1. The van der Waals surface area contributed by atoms with Crippen molar-refractivity contribution in [1.82, 2.24) is 19.5 Å². The zero-order valence-electron chi connectivity index (χ0n) is 15.6. The van der Waals surface area contributed by atoms with Gasteiger partial charge >= 0.3 is 5.97 Å². The summed E-state index contributed by atoms with van der Waals surface area (Å²) >= 11 is 6.12. The molecule has 2 aromatic rings. The molecule has 10 heteroatoms. The first-order valence-corrected chi connectivity index (χ1v) is 8.82. The van der Waals surface area contributed by atoms with Crippen LogP contribution >= 0.6 is 11.6 Å². The van der Waals surface area contributed by atoms with Gasteiger partial charge in [-0.25, -0.2) is 4.98 Å². The minimum atomic E-state index is -0.849. The summed E-state index contributed by atoms with van der Waals surface area (Å²) in [5, 5.41) is 0.128. The minimum absolute atomic E-state index is 0.00114. The number of imidazole rings is 1. The number of rotatable bonds is 5. The highest BCUT2D eigenvalue weighted by Crippen LogP contribution is 2.46. The van der Waals surface area contributed by atoms with E-state index in [0.29, 0.717) is 17.6 Å². The van der Waals surface area contributed by atoms with Crippen LogP contribution in [0.3, 0.4) is 0 Å². The number of hydrogen-bond acceptors (Lipinski definition) is 8. The van der Waals surface area contributed by atoms with E-state index >= 15 is 0 Å². The smallest absolute Gasteiger partial charge is 0.303 e. The van der Waals surface area contributed by atoms with Gasteiger partial charge in [-0.15, -0.1) is 0 Å². The van der Waals surface area contributed by atoms with E-state index in [2.05, 4.69) is 21.5 Å². The molecule has 1 fully saturated rings. The SMILES string of the molecule is C=C(C)[C@]1(CC)O[C@@H](n2cnc3c(Cl)nc(N)nc32)[C@H](OC(C)=O)[C@@H]1OC. The van der Waals surface area contributed by atoms with Crippen molar-refractivity contribution < 1.29 is 19.0 Å². The molecule has 1 aliphatic rings. The highest BCUT2D eigenvalue weighted by molar-refractivity contribution is 6.33. The molecule has 0 amide bonds. The molecule has 1 saturated heterocycles. The molecule has 2 aromatic heterocycles. The van der Waals surface area contributed by atoms with E-state index in [1.165, 1.54) is 13.3 Å². The van der Waals surface area contributed by atoms with Crippen LogP contribution in [0.15, 0.2) is 18.5 Å². The third-order valence-corrected chi connectivity index (χ3v) is 5.11. The molecule has 0 aromatic carbocycles. The summed E-state index contributed by atoms with van der Waals surface area (Å²) in [7, 11) is 1.54. The topological polar surface area (TPSA) is 114 Å². The summed E-state index contributed by atoms with van der Waals surface area (Å²) < 4.78 is 19.3. The molecule has 0 bridgehead atoms. The predicted molar refractivity (Wildman–Crippen MR) is 99.1 cm³/mol. The fraction of sp³-hybridized carbons (Fsp3) is 0.529. The van der Waals surface area contributed by atoms with E-state index in [1.54, 1.807) is 11.7 Å². The van der Waals surface area contributed by atoms with E-state index in [4.69, 9.17) is 31.5 Å². The maximum absolute atomic E-state index is 11.8. The summed E-state index contributed by atoms with van der Waals surface area (Å²) in [6.45, 7) is 9.20. The highest BCUT2D eigenvalue weighted by Gasteiger charge is 2.58. The average Bonchev–Trinajstić information content (AvgIpc) is 3.13. The van der Waals surface area contributed by atoms with Crippen molar-refractivity contribution in [2.75, 3.05) is 12.8 Å². The fourth-order valence-corrected chi connectivity index (χ4v) is 3.85. The Hall–Kier alpha value is -2.23. The number of aromatic nitrogens is 4. The third-order valence-electron chi connectivity index (χ3n) is 4.84. The Balaban J connectivity index is 2.18. The van der Waals surface area contributed by atoms with Crippen molar-refractivity contribution in [3.05, 3.63) is 23.6 Å². The molecule has 0 aliphatic carbocycles. The molecule has 3 heterocycles. The molecule has 1 aliphatic heterocycles. The van der Waals surface area contributed by atoms with Gasteiger partial charge in [0.1, 0.15) is 17.2 Å². The molecule has 0 saturated carbocycles. The lowest BCUT2D eigenvalue weighted by Crippen LogP contribution is -2.46. The van der Waals surface area contributed by atoms with Crippen LogP contribution in [0.1, 0.15) is 33.4 Å². The van der Waals surface area contributed by atoms with E-state index in [9.17, 15) is 4.79 Å². The minimum Gasteiger partial charge on any atom is -0.455 e. The fourth-order valence-electron chi connectivity index (χ4n) is 3.63. The number of anilines is 1. The van der Waals surface area contributed by atoms with Gasteiger partial charge in [-0.2, -0.15) is 9.97 Å². The summed E-state index contributed by atoms with van der Waals surface area (Å²) in [4.78, 5) is 24.2. The Morgan fingerprint density at radius 2 is 2.19 bits per heavy atom. The normalized spacial score (nSPS) is 27.8. The lowest BCUT2D eigenvalue weighted by atomic mass is 9.86. The molecular weight excluding hydrogens is 374 g/mol. The van der Waals surface area contributed by atoms with E-state index in [-0.39, 0.29) is 11.1 Å². The van der Waals surface area contributed by atoms with Gasteiger partial charge in [0, 0.05) is 14.0 Å².